The van der Waals surface area contributed by atoms with Crippen LogP contribution in [0, 0.1) is 0 Å². The second-order valence-corrected chi connectivity index (χ2v) is 5.50. The zero-order chi connectivity index (χ0) is 17.5. The third-order valence-electron chi connectivity index (χ3n) is 3.46. The molecule has 0 spiro atoms. The van der Waals surface area contributed by atoms with Gasteiger partial charge in [0.1, 0.15) is 5.75 Å². The Morgan fingerprint density at radius 1 is 1.00 bits per heavy atom. The highest BCUT2D eigenvalue weighted by atomic mass is 16.5. The average molecular weight is 327 g/mol. The number of esters is 1. The molecule has 0 radical (unpaired) electrons. The number of anilines is 1. The molecule has 2 aromatic rings. The monoisotopic (exact) mass is 327 g/mol. The standard InChI is InChI=1S/C19H21NO4/c1-14(2)20(16-7-5-4-6-8-16)18(21)13-24-17-11-9-15(10-12-17)19(22)23-3/h4-12,14H,13H2,1-3H3. The number of carbonyl (C=O) groups excluding carboxylic acids is 2. The van der Waals surface area contributed by atoms with Gasteiger partial charge in [0.15, 0.2) is 6.61 Å². The molecule has 1 amide bonds. The molecule has 0 atom stereocenters. The van der Waals surface area contributed by atoms with E-state index in [4.69, 9.17) is 4.74 Å². The summed E-state index contributed by atoms with van der Waals surface area (Å²) in [4.78, 5) is 25.6. The van der Waals surface area contributed by atoms with E-state index < -0.39 is 5.97 Å². The number of rotatable bonds is 6. The molecule has 2 aromatic carbocycles. The molecular weight excluding hydrogens is 306 g/mol. The van der Waals surface area contributed by atoms with Crippen molar-refractivity contribution in [2.24, 2.45) is 0 Å². The number of amides is 1. The second-order valence-electron chi connectivity index (χ2n) is 5.50. The number of ether oxygens (including phenoxy) is 2. The molecule has 0 aliphatic heterocycles. The van der Waals surface area contributed by atoms with E-state index in [2.05, 4.69) is 4.74 Å². The Labute approximate surface area is 141 Å². The van der Waals surface area contributed by atoms with Crippen LogP contribution in [0.15, 0.2) is 54.6 Å². The molecule has 0 heterocycles. The van der Waals surface area contributed by atoms with Crippen molar-refractivity contribution in [1.82, 2.24) is 0 Å². The summed E-state index contributed by atoms with van der Waals surface area (Å²) in [5.74, 6) is -0.0197. The van der Waals surface area contributed by atoms with Gasteiger partial charge in [-0.2, -0.15) is 0 Å². The first kappa shape index (κ1) is 17.5. The Hall–Kier alpha value is -2.82. The van der Waals surface area contributed by atoms with Crippen LogP contribution < -0.4 is 9.64 Å². The van der Waals surface area contributed by atoms with Crippen molar-refractivity contribution in [2.45, 2.75) is 19.9 Å². The summed E-state index contributed by atoms with van der Waals surface area (Å²) in [6.45, 7) is 3.83. The fourth-order valence-corrected chi connectivity index (χ4v) is 2.34. The van der Waals surface area contributed by atoms with Crippen LogP contribution in [0.5, 0.6) is 5.75 Å². The minimum absolute atomic E-state index is 0.0187. The fourth-order valence-electron chi connectivity index (χ4n) is 2.34. The van der Waals surface area contributed by atoms with E-state index in [1.807, 2.05) is 44.2 Å². The van der Waals surface area contributed by atoms with E-state index in [1.54, 1.807) is 29.2 Å². The smallest absolute Gasteiger partial charge is 0.337 e. The van der Waals surface area contributed by atoms with E-state index >= 15 is 0 Å². The molecule has 0 aliphatic rings. The van der Waals surface area contributed by atoms with Gasteiger partial charge in [0.05, 0.1) is 12.7 Å². The van der Waals surface area contributed by atoms with Crippen LogP contribution in [0.4, 0.5) is 5.69 Å². The first-order chi connectivity index (χ1) is 11.5. The van der Waals surface area contributed by atoms with Crippen molar-refractivity contribution in [2.75, 3.05) is 18.6 Å². The van der Waals surface area contributed by atoms with Gasteiger partial charge in [-0.1, -0.05) is 18.2 Å². The molecule has 0 aromatic heterocycles. The van der Waals surface area contributed by atoms with Crippen LogP contribution in [0.3, 0.4) is 0 Å². The van der Waals surface area contributed by atoms with E-state index in [0.29, 0.717) is 11.3 Å². The Kier molecular flexibility index (Phi) is 5.95. The first-order valence-electron chi connectivity index (χ1n) is 7.71. The molecule has 5 heteroatoms. The molecular formula is C19H21NO4. The maximum Gasteiger partial charge on any atom is 0.337 e. The predicted octanol–water partition coefficient (Wildman–Crippen LogP) is 3.29. The Bertz CT molecular complexity index is 680. The topological polar surface area (TPSA) is 55.8 Å². The average Bonchev–Trinajstić information content (AvgIpc) is 2.60. The summed E-state index contributed by atoms with van der Waals surface area (Å²) < 4.78 is 10.2. The molecule has 0 fully saturated rings. The summed E-state index contributed by atoms with van der Waals surface area (Å²) in [5, 5.41) is 0. The number of hydrogen-bond donors (Lipinski definition) is 0. The summed E-state index contributed by atoms with van der Waals surface area (Å²) >= 11 is 0. The van der Waals surface area contributed by atoms with Gasteiger partial charge in [0.25, 0.3) is 5.91 Å². The predicted molar refractivity (Wildman–Crippen MR) is 92.3 cm³/mol. The highest BCUT2D eigenvalue weighted by Crippen LogP contribution is 2.18. The summed E-state index contributed by atoms with van der Waals surface area (Å²) in [5.41, 5.74) is 1.27. The molecule has 0 saturated carbocycles. The zero-order valence-electron chi connectivity index (χ0n) is 14.1. The normalized spacial score (nSPS) is 10.3. The lowest BCUT2D eigenvalue weighted by atomic mass is 10.2. The number of benzene rings is 2. The summed E-state index contributed by atoms with van der Waals surface area (Å²) in [7, 11) is 1.33. The van der Waals surface area contributed by atoms with Crippen molar-refractivity contribution in [3.8, 4) is 5.75 Å². The molecule has 2 rings (SSSR count). The van der Waals surface area contributed by atoms with Crippen LogP contribution in [-0.4, -0.2) is 31.6 Å². The third kappa shape index (κ3) is 4.35. The minimum Gasteiger partial charge on any atom is -0.484 e. The summed E-state index contributed by atoms with van der Waals surface area (Å²) in [6.07, 6.45) is 0. The molecule has 126 valence electrons. The second kappa shape index (κ2) is 8.15. The quantitative estimate of drug-likeness (QED) is 0.764. The highest BCUT2D eigenvalue weighted by molar-refractivity contribution is 5.95. The SMILES string of the molecule is COC(=O)c1ccc(OCC(=O)N(c2ccccc2)C(C)C)cc1. The Morgan fingerprint density at radius 3 is 2.17 bits per heavy atom. The maximum absolute atomic E-state index is 12.5. The lowest BCUT2D eigenvalue weighted by Gasteiger charge is -2.26. The highest BCUT2D eigenvalue weighted by Gasteiger charge is 2.19. The van der Waals surface area contributed by atoms with Gasteiger partial charge in [0.2, 0.25) is 0 Å². The number of para-hydroxylation sites is 1. The first-order valence-corrected chi connectivity index (χ1v) is 7.71. The molecule has 0 N–H and O–H groups in total. The van der Waals surface area contributed by atoms with Gasteiger partial charge in [0, 0.05) is 11.7 Å². The van der Waals surface area contributed by atoms with E-state index in [1.165, 1.54) is 7.11 Å². The number of carbonyl (C=O) groups is 2. The van der Waals surface area contributed by atoms with E-state index in [-0.39, 0.29) is 18.6 Å². The molecule has 0 saturated heterocycles. The Morgan fingerprint density at radius 2 is 1.62 bits per heavy atom. The van der Waals surface area contributed by atoms with Crippen molar-refractivity contribution in [3.63, 3.8) is 0 Å². The largest absolute Gasteiger partial charge is 0.484 e. The Balaban J connectivity index is 2.02. The van der Waals surface area contributed by atoms with Crippen LogP contribution in [0.1, 0.15) is 24.2 Å². The van der Waals surface area contributed by atoms with Crippen molar-refractivity contribution < 1.29 is 19.1 Å². The van der Waals surface area contributed by atoms with Crippen LogP contribution >= 0.6 is 0 Å². The van der Waals surface area contributed by atoms with E-state index in [0.717, 1.165) is 5.69 Å². The van der Waals surface area contributed by atoms with Crippen LogP contribution in [0.2, 0.25) is 0 Å². The van der Waals surface area contributed by atoms with Crippen LogP contribution in [-0.2, 0) is 9.53 Å². The van der Waals surface area contributed by atoms with Gasteiger partial charge < -0.3 is 14.4 Å². The lowest BCUT2D eigenvalue weighted by molar-refractivity contribution is -0.120. The van der Waals surface area contributed by atoms with Gasteiger partial charge in [-0.15, -0.1) is 0 Å². The summed E-state index contributed by atoms with van der Waals surface area (Å²) in [6, 6.07) is 16.0. The van der Waals surface area contributed by atoms with Gasteiger partial charge >= 0.3 is 5.97 Å². The van der Waals surface area contributed by atoms with Crippen molar-refractivity contribution in [1.29, 1.82) is 0 Å². The fraction of sp³-hybridized carbons (Fsp3) is 0.263. The van der Waals surface area contributed by atoms with Gasteiger partial charge in [-0.05, 0) is 50.2 Å². The molecule has 0 bridgehead atoms. The van der Waals surface area contributed by atoms with Crippen LogP contribution in [0.25, 0.3) is 0 Å². The van der Waals surface area contributed by atoms with Gasteiger partial charge in [-0.3, -0.25) is 4.79 Å². The molecule has 0 aliphatic carbocycles. The zero-order valence-corrected chi connectivity index (χ0v) is 14.1. The molecule has 24 heavy (non-hydrogen) atoms. The lowest BCUT2D eigenvalue weighted by Crippen LogP contribution is -2.40. The molecule has 5 nitrogen and oxygen atoms in total. The maximum atomic E-state index is 12.5. The minimum atomic E-state index is -0.410. The number of hydrogen-bond acceptors (Lipinski definition) is 4. The molecule has 0 unspecified atom stereocenters. The third-order valence-corrected chi connectivity index (χ3v) is 3.46. The van der Waals surface area contributed by atoms with Crippen molar-refractivity contribution >= 4 is 17.6 Å². The number of nitrogens with zero attached hydrogens (tertiary/aromatic N) is 1. The van der Waals surface area contributed by atoms with Crippen molar-refractivity contribution in [3.05, 3.63) is 60.2 Å². The van der Waals surface area contributed by atoms with E-state index in [9.17, 15) is 9.59 Å². The van der Waals surface area contributed by atoms with Gasteiger partial charge in [-0.25, -0.2) is 4.79 Å². The number of methoxy groups -OCH3 is 1.